The van der Waals surface area contributed by atoms with E-state index in [1.54, 1.807) is 6.92 Å². The van der Waals surface area contributed by atoms with E-state index in [4.69, 9.17) is 4.74 Å². The molecule has 1 amide bonds. The number of hydrogen-bond donors (Lipinski definition) is 1. The number of esters is 1. The van der Waals surface area contributed by atoms with Crippen molar-refractivity contribution in [1.29, 1.82) is 0 Å². The average molecular weight is 371 g/mol. The highest BCUT2D eigenvalue weighted by molar-refractivity contribution is 5.95. The lowest BCUT2D eigenvalue weighted by molar-refractivity contribution is -0.119. The number of nitrogens with one attached hydrogen (secondary N) is 1. The predicted octanol–water partition coefficient (Wildman–Crippen LogP) is 3.25. The van der Waals surface area contributed by atoms with E-state index in [1.165, 1.54) is 59.6 Å². The SMILES string of the molecule is Cc1ccc(F)cc1NC(=O)COC(=O)c1cncn1-c1ccc(F)cc1. The first-order chi connectivity index (χ1) is 12.9. The number of anilines is 1. The Morgan fingerprint density at radius 2 is 1.81 bits per heavy atom. The Hall–Kier alpha value is -3.55. The summed E-state index contributed by atoms with van der Waals surface area (Å²) >= 11 is 0. The van der Waals surface area contributed by atoms with Crippen molar-refractivity contribution in [3.8, 4) is 5.69 Å². The Kier molecular flexibility index (Phi) is 5.25. The van der Waals surface area contributed by atoms with Crippen LogP contribution >= 0.6 is 0 Å². The van der Waals surface area contributed by atoms with Crippen LogP contribution in [0, 0.1) is 18.6 Å². The van der Waals surface area contributed by atoms with Gasteiger partial charge in [0.25, 0.3) is 5.91 Å². The van der Waals surface area contributed by atoms with Gasteiger partial charge in [0.15, 0.2) is 12.3 Å². The quantitative estimate of drug-likeness (QED) is 0.699. The molecule has 0 saturated heterocycles. The van der Waals surface area contributed by atoms with E-state index in [-0.39, 0.29) is 5.69 Å². The van der Waals surface area contributed by atoms with Gasteiger partial charge in [-0.15, -0.1) is 0 Å². The number of hydrogen-bond acceptors (Lipinski definition) is 4. The van der Waals surface area contributed by atoms with Crippen molar-refractivity contribution >= 4 is 17.6 Å². The van der Waals surface area contributed by atoms with E-state index >= 15 is 0 Å². The average Bonchev–Trinajstić information content (AvgIpc) is 3.13. The summed E-state index contributed by atoms with van der Waals surface area (Å²) in [7, 11) is 0. The number of aromatic nitrogens is 2. The monoisotopic (exact) mass is 371 g/mol. The van der Waals surface area contributed by atoms with Gasteiger partial charge in [0.2, 0.25) is 0 Å². The number of rotatable bonds is 5. The Balaban J connectivity index is 1.65. The summed E-state index contributed by atoms with van der Waals surface area (Å²) in [5.41, 5.74) is 1.56. The van der Waals surface area contributed by atoms with E-state index in [2.05, 4.69) is 10.3 Å². The third-order valence-corrected chi connectivity index (χ3v) is 3.76. The molecular formula is C19H15F2N3O3. The molecule has 3 rings (SSSR count). The second-order valence-electron chi connectivity index (χ2n) is 5.71. The van der Waals surface area contributed by atoms with E-state index in [0.29, 0.717) is 16.9 Å². The molecule has 0 spiro atoms. The first-order valence-corrected chi connectivity index (χ1v) is 7.95. The fraction of sp³-hybridized carbons (Fsp3) is 0.105. The minimum Gasteiger partial charge on any atom is -0.451 e. The normalized spacial score (nSPS) is 10.5. The van der Waals surface area contributed by atoms with Gasteiger partial charge in [-0.25, -0.2) is 18.6 Å². The summed E-state index contributed by atoms with van der Waals surface area (Å²) in [5, 5.41) is 2.48. The number of benzene rings is 2. The van der Waals surface area contributed by atoms with E-state index in [9.17, 15) is 18.4 Å². The maximum absolute atomic E-state index is 13.3. The van der Waals surface area contributed by atoms with Crippen LogP contribution in [0.15, 0.2) is 55.0 Å². The fourth-order valence-electron chi connectivity index (χ4n) is 2.37. The summed E-state index contributed by atoms with van der Waals surface area (Å²) in [6.45, 7) is 1.16. The Morgan fingerprint density at radius 1 is 1.11 bits per heavy atom. The van der Waals surface area contributed by atoms with Crippen LogP contribution in [0.3, 0.4) is 0 Å². The molecule has 0 unspecified atom stereocenters. The molecule has 138 valence electrons. The van der Waals surface area contributed by atoms with Gasteiger partial charge in [-0.1, -0.05) is 6.07 Å². The highest BCUT2D eigenvalue weighted by atomic mass is 19.1. The third-order valence-electron chi connectivity index (χ3n) is 3.76. The summed E-state index contributed by atoms with van der Waals surface area (Å²) in [6, 6.07) is 9.44. The number of aryl methyl sites for hydroxylation is 1. The van der Waals surface area contributed by atoms with Gasteiger partial charge in [-0.3, -0.25) is 9.36 Å². The standard InChI is InChI=1S/C19H15F2N3O3/c1-12-2-3-14(21)8-16(12)23-18(25)10-27-19(26)17-9-22-11-24(17)15-6-4-13(20)5-7-15/h2-9,11H,10H2,1H3,(H,23,25). The zero-order valence-electron chi connectivity index (χ0n) is 14.3. The molecule has 8 heteroatoms. The molecule has 3 aromatic rings. The topological polar surface area (TPSA) is 73.2 Å². The lowest BCUT2D eigenvalue weighted by atomic mass is 10.2. The Morgan fingerprint density at radius 3 is 2.56 bits per heavy atom. The largest absolute Gasteiger partial charge is 0.451 e. The molecule has 0 aliphatic rings. The number of carbonyl (C=O) groups excluding carboxylic acids is 2. The number of carbonyl (C=O) groups is 2. The molecule has 1 heterocycles. The first-order valence-electron chi connectivity index (χ1n) is 7.95. The van der Waals surface area contributed by atoms with Crippen molar-refractivity contribution in [1.82, 2.24) is 9.55 Å². The molecule has 6 nitrogen and oxygen atoms in total. The van der Waals surface area contributed by atoms with Crippen LogP contribution in [0.25, 0.3) is 5.69 Å². The highest BCUT2D eigenvalue weighted by Crippen LogP contribution is 2.16. The van der Waals surface area contributed by atoms with Crippen LogP contribution in [0.4, 0.5) is 14.5 Å². The molecule has 0 saturated carbocycles. The Labute approximate surface area is 153 Å². The zero-order valence-corrected chi connectivity index (χ0v) is 14.3. The van der Waals surface area contributed by atoms with Crippen molar-refractivity contribution in [2.24, 2.45) is 0 Å². The molecule has 0 aliphatic carbocycles. The lowest BCUT2D eigenvalue weighted by Crippen LogP contribution is -2.22. The molecular weight excluding hydrogens is 356 g/mol. The number of nitrogens with zero attached hydrogens (tertiary/aromatic N) is 2. The minimum atomic E-state index is -0.775. The number of amides is 1. The molecule has 0 aliphatic heterocycles. The zero-order chi connectivity index (χ0) is 19.4. The van der Waals surface area contributed by atoms with Crippen molar-refractivity contribution in [2.75, 3.05) is 11.9 Å². The van der Waals surface area contributed by atoms with Gasteiger partial charge in [0.05, 0.1) is 12.5 Å². The van der Waals surface area contributed by atoms with Gasteiger partial charge in [-0.05, 0) is 48.9 Å². The van der Waals surface area contributed by atoms with Crippen LogP contribution < -0.4 is 5.32 Å². The second kappa shape index (κ2) is 7.77. The van der Waals surface area contributed by atoms with Gasteiger partial charge in [0.1, 0.15) is 11.6 Å². The maximum Gasteiger partial charge on any atom is 0.357 e. The lowest BCUT2D eigenvalue weighted by Gasteiger charge is -2.10. The molecule has 0 radical (unpaired) electrons. The molecule has 1 aromatic heterocycles. The van der Waals surface area contributed by atoms with E-state index in [1.807, 2.05) is 0 Å². The fourth-order valence-corrected chi connectivity index (χ4v) is 2.37. The van der Waals surface area contributed by atoms with Crippen LogP contribution in [0.1, 0.15) is 16.1 Å². The Bertz CT molecular complexity index is 984. The molecule has 0 bridgehead atoms. The van der Waals surface area contributed by atoms with Crippen molar-refractivity contribution in [3.63, 3.8) is 0 Å². The number of imidazole rings is 1. The van der Waals surface area contributed by atoms with Crippen molar-refractivity contribution < 1.29 is 23.1 Å². The molecule has 27 heavy (non-hydrogen) atoms. The summed E-state index contributed by atoms with van der Waals surface area (Å²) in [6.07, 6.45) is 2.65. The van der Waals surface area contributed by atoms with Crippen LogP contribution in [-0.4, -0.2) is 28.0 Å². The molecule has 1 N–H and O–H groups in total. The number of halogens is 2. The van der Waals surface area contributed by atoms with E-state index in [0.717, 1.165) is 0 Å². The summed E-state index contributed by atoms with van der Waals surface area (Å²) in [4.78, 5) is 28.1. The summed E-state index contributed by atoms with van der Waals surface area (Å²) < 4.78 is 32.7. The number of ether oxygens (including phenoxy) is 1. The first kappa shape index (κ1) is 18.2. The molecule has 0 atom stereocenters. The smallest absolute Gasteiger partial charge is 0.357 e. The minimum absolute atomic E-state index is 0.0799. The molecule has 0 fully saturated rings. The maximum atomic E-state index is 13.3. The van der Waals surface area contributed by atoms with E-state index < -0.39 is 30.1 Å². The van der Waals surface area contributed by atoms with Gasteiger partial charge in [-0.2, -0.15) is 0 Å². The van der Waals surface area contributed by atoms with Crippen LogP contribution in [-0.2, 0) is 9.53 Å². The highest BCUT2D eigenvalue weighted by Gasteiger charge is 2.16. The third kappa shape index (κ3) is 4.35. The van der Waals surface area contributed by atoms with Gasteiger partial charge in [0, 0.05) is 11.4 Å². The predicted molar refractivity (Wildman–Crippen MR) is 93.6 cm³/mol. The second-order valence-corrected chi connectivity index (χ2v) is 5.71. The molecule has 2 aromatic carbocycles. The van der Waals surface area contributed by atoms with Crippen molar-refractivity contribution in [2.45, 2.75) is 6.92 Å². The van der Waals surface area contributed by atoms with Crippen LogP contribution in [0.5, 0.6) is 0 Å². The van der Waals surface area contributed by atoms with Gasteiger partial charge < -0.3 is 10.1 Å². The van der Waals surface area contributed by atoms with Gasteiger partial charge >= 0.3 is 5.97 Å². The van der Waals surface area contributed by atoms with Crippen molar-refractivity contribution in [3.05, 3.63) is 77.9 Å². The summed E-state index contributed by atoms with van der Waals surface area (Å²) in [5.74, 6) is -2.28. The van der Waals surface area contributed by atoms with Crippen LogP contribution in [0.2, 0.25) is 0 Å².